The number of amides is 4. The SMILES string of the molecule is NCCCCCCNC(=O)c1ccc(NC(=O)c2ccc(CN(C(=O)c3ccc4c(c3)OCC(=O)N4)C3CC3)cn2)cc1.O=C(O)C(F)(F)F. The number of nitrogens with two attached hydrogens (primary N) is 1. The quantitative estimate of drug-likeness (QED) is 0.161. The number of anilines is 2. The highest BCUT2D eigenvalue weighted by molar-refractivity contribution is 6.03. The number of alkyl halides is 3. The number of hydrogen-bond donors (Lipinski definition) is 5. The van der Waals surface area contributed by atoms with Gasteiger partial charge in [0, 0.05) is 42.1 Å². The number of fused-ring (bicyclic) bond motifs is 1. The van der Waals surface area contributed by atoms with Crippen molar-refractivity contribution in [2.45, 2.75) is 57.3 Å². The van der Waals surface area contributed by atoms with Gasteiger partial charge in [-0.25, -0.2) is 4.79 Å². The molecule has 4 amide bonds. The van der Waals surface area contributed by atoms with Crippen LogP contribution in [0.1, 0.15) is 75.3 Å². The molecule has 1 fully saturated rings. The van der Waals surface area contributed by atoms with Gasteiger partial charge in [0.15, 0.2) is 6.61 Å². The summed E-state index contributed by atoms with van der Waals surface area (Å²) in [6, 6.07) is 15.3. The van der Waals surface area contributed by atoms with E-state index in [4.69, 9.17) is 20.4 Å². The number of ether oxygens (including phenoxy) is 1. The summed E-state index contributed by atoms with van der Waals surface area (Å²) in [5, 5.41) is 15.6. The normalized spacial score (nSPS) is 13.4. The molecule has 0 radical (unpaired) electrons. The number of carboxylic acid groups (broad SMARTS) is 1. The summed E-state index contributed by atoms with van der Waals surface area (Å²) in [5.41, 5.74) is 8.63. The molecule has 16 heteroatoms. The second-order valence-corrected chi connectivity index (χ2v) is 11.6. The van der Waals surface area contributed by atoms with Gasteiger partial charge in [0.05, 0.1) is 5.69 Å². The van der Waals surface area contributed by atoms with Crippen LogP contribution in [0.3, 0.4) is 0 Å². The third-order valence-electron chi connectivity index (χ3n) is 7.58. The van der Waals surface area contributed by atoms with Crippen LogP contribution in [0.15, 0.2) is 60.8 Å². The number of rotatable bonds is 13. The third kappa shape index (κ3) is 11.0. The molecule has 1 saturated carbocycles. The molecule has 5 rings (SSSR count). The molecule has 0 atom stereocenters. The molecule has 2 aromatic carbocycles. The van der Waals surface area contributed by atoms with E-state index < -0.39 is 12.1 Å². The molecular formula is C34H37F3N6O7. The lowest BCUT2D eigenvalue weighted by atomic mass is 10.1. The van der Waals surface area contributed by atoms with Gasteiger partial charge in [0.25, 0.3) is 23.6 Å². The van der Waals surface area contributed by atoms with E-state index in [1.54, 1.807) is 65.7 Å². The Morgan fingerprint density at radius 2 is 1.64 bits per heavy atom. The summed E-state index contributed by atoms with van der Waals surface area (Å²) < 4.78 is 37.2. The number of carbonyl (C=O) groups excluding carboxylic acids is 4. The Balaban J connectivity index is 0.000000727. The molecule has 1 aliphatic carbocycles. The number of carboxylic acids is 1. The summed E-state index contributed by atoms with van der Waals surface area (Å²) in [7, 11) is 0. The van der Waals surface area contributed by atoms with E-state index in [-0.39, 0.29) is 42.0 Å². The van der Waals surface area contributed by atoms with E-state index in [9.17, 15) is 32.3 Å². The Labute approximate surface area is 285 Å². The predicted octanol–water partition coefficient (Wildman–Crippen LogP) is 4.35. The summed E-state index contributed by atoms with van der Waals surface area (Å²) in [6.45, 7) is 1.57. The van der Waals surface area contributed by atoms with Gasteiger partial charge in [-0.05, 0) is 86.3 Å². The van der Waals surface area contributed by atoms with Crippen LogP contribution in [0, 0.1) is 0 Å². The third-order valence-corrected chi connectivity index (χ3v) is 7.58. The topological polar surface area (TPSA) is 193 Å². The number of halogens is 3. The maximum absolute atomic E-state index is 13.4. The Morgan fingerprint density at radius 3 is 2.26 bits per heavy atom. The molecule has 13 nitrogen and oxygen atoms in total. The Bertz CT molecular complexity index is 1680. The minimum atomic E-state index is -5.08. The largest absolute Gasteiger partial charge is 0.490 e. The van der Waals surface area contributed by atoms with Crippen molar-refractivity contribution in [1.82, 2.24) is 15.2 Å². The maximum atomic E-state index is 13.4. The minimum absolute atomic E-state index is 0.0818. The zero-order valence-electron chi connectivity index (χ0n) is 26.9. The zero-order chi connectivity index (χ0) is 36.3. The molecular weight excluding hydrogens is 661 g/mol. The molecule has 0 unspecified atom stereocenters. The van der Waals surface area contributed by atoms with Crippen molar-refractivity contribution in [3.8, 4) is 5.75 Å². The Kier molecular flexibility index (Phi) is 12.9. The molecule has 2 heterocycles. The lowest BCUT2D eigenvalue weighted by Crippen LogP contribution is -2.33. The van der Waals surface area contributed by atoms with Crippen molar-refractivity contribution in [3.63, 3.8) is 0 Å². The highest BCUT2D eigenvalue weighted by atomic mass is 19.4. The zero-order valence-corrected chi connectivity index (χ0v) is 26.9. The maximum Gasteiger partial charge on any atom is 0.490 e. The van der Waals surface area contributed by atoms with Crippen LogP contribution in [0.4, 0.5) is 24.5 Å². The van der Waals surface area contributed by atoms with Gasteiger partial charge < -0.3 is 36.4 Å². The lowest BCUT2D eigenvalue weighted by molar-refractivity contribution is -0.192. The van der Waals surface area contributed by atoms with Crippen molar-refractivity contribution in [2.75, 3.05) is 30.3 Å². The number of nitrogens with one attached hydrogen (secondary N) is 3. The first-order chi connectivity index (χ1) is 23.8. The molecule has 0 bridgehead atoms. The average molecular weight is 699 g/mol. The van der Waals surface area contributed by atoms with Crippen LogP contribution in [0.2, 0.25) is 0 Å². The fraction of sp³-hybridized carbons (Fsp3) is 0.353. The molecule has 1 aliphatic heterocycles. The Hall–Kier alpha value is -5.51. The first-order valence-electron chi connectivity index (χ1n) is 15.9. The van der Waals surface area contributed by atoms with Crippen LogP contribution >= 0.6 is 0 Å². The first-order valence-corrected chi connectivity index (χ1v) is 15.9. The number of nitrogens with zero attached hydrogens (tertiary/aromatic N) is 2. The first kappa shape index (κ1) is 37.3. The summed E-state index contributed by atoms with van der Waals surface area (Å²) in [4.78, 5) is 65.1. The lowest BCUT2D eigenvalue weighted by Gasteiger charge is -2.24. The summed E-state index contributed by atoms with van der Waals surface area (Å²) in [5.74, 6) is -3.17. The van der Waals surface area contributed by atoms with E-state index in [0.29, 0.717) is 47.9 Å². The number of pyridine rings is 1. The number of aromatic nitrogens is 1. The van der Waals surface area contributed by atoms with E-state index in [2.05, 4.69) is 20.9 Å². The number of benzene rings is 2. The van der Waals surface area contributed by atoms with E-state index in [1.165, 1.54) is 0 Å². The highest BCUT2D eigenvalue weighted by Gasteiger charge is 2.38. The average Bonchev–Trinajstić information content (AvgIpc) is 3.94. The van der Waals surface area contributed by atoms with Gasteiger partial charge in [-0.3, -0.25) is 24.2 Å². The fourth-order valence-electron chi connectivity index (χ4n) is 4.80. The van der Waals surface area contributed by atoms with Crippen molar-refractivity contribution in [2.24, 2.45) is 5.73 Å². The Morgan fingerprint density at radius 1 is 0.960 bits per heavy atom. The molecule has 6 N–H and O–H groups in total. The van der Waals surface area contributed by atoms with Gasteiger partial charge in [0.1, 0.15) is 11.4 Å². The van der Waals surface area contributed by atoms with Gasteiger partial charge in [-0.2, -0.15) is 13.2 Å². The smallest absolute Gasteiger partial charge is 0.482 e. The number of carbonyl (C=O) groups is 5. The summed E-state index contributed by atoms with van der Waals surface area (Å²) >= 11 is 0. The molecule has 266 valence electrons. The van der Waals surface area contributed by atoms with E-state index in [0.717, 1.165) is 44.1 Å². The highest BCUT2D eigenvalue weighted by Crippen LogP contribution is 2.33. The van der Waals surface area contributed by atoms with Gasteiger partial charge in [-0.1, -0.05) is 18.9 Å². The molecule has 50 heavy (non-hydrogen) atoms. The van der Waals surface area contributed by atoms with Gasteiger partial charge >= 0.3 is 12.1 Å². The minimum Gasteiger partial charge on any atom is -0.482 e. The fourth-order valence-corrected chi connectivity index (χ4v) is 4.80. The van der Waals surface area contributed by atoms with Crippen molar-refractivity contribution >= 4 is 41.0 Å². The standard InChI is InChI=1S/C32H36N6O5.C2HF3O2/c33-15-3-1-2-4-16-34-30(40)22-6-9-24(10-7-22)36-31(41)27-13-5-21(18-35-27)19-38(25-11-12-25)32(42)23-8-14-26-28(17-23)43-20-29(39)37-26;3-2(4,5)1(6)7/h5-10,13-14,17-18,25H,1-4,11-12,15-16,19-20,33H2,(H,34,40)(H,36,41)(H,37,39);(H,6,7). The van der Waals surface area contributed by atoms with Crippen LogP contribution in [-0.2, 0) is 16.1 Å². The van der Waals surface area contributed by atoms with Crippen LogP contribution in [0.5, 0.6) is 5.75 Å². The van der Waals surface area contributed by atoms with Crippen LogP contribution < -0.4 is 26.4 Å². The van der Waals surface area contributed by atoms with Gasteiger partial charge in [-0.15, -0.1) is 0 Å². The number of hydrogen-bond acceptors (Lipinski definition) is 8. The summed E-state index contributed by atoms with van der Waals surface area (Å²) in [6.07, 6.45) is 2.37. The second-order valence-electron chi connectivity index (χ2n) is 11.6. The molecule has 1 aromatic heterocycles. The van der Waals surface area contributed by atoms with Crippen LogP contribution in [-0.4, -0.2) is 76.5 Å². The van der Waals surface area contributed by atoms with Crippen LogP contribution in [0.25, 0.3) is 0 Å². The predicted molar refractivity (Wildman–Crippen MR) is 176 cm³/mol. The van der Waals surface area contributed by atoms with Crippen molar-refractivity contribution in [3.05, 3.63) is 83.2 Å². The van der Waals surface area contributed by atoms with E-state index >= 15 is 0 Å². The molecule has 0 saturated heterocycles. The number of unbranched alkanes of at least 4 members (excludes halogenated alkanes) is 3. The monoisotopic (exact) mass is 698 g/mol. The van der Waals surface area contributed by atoms with E-state index in [1.807, 2.05) is 0 Å². The molecule has 2 aliphatic rings. The molecule has 0 spiro atoms. The van der Waals surface area contributed by atoms with Crippen molar-refractivity contribution in [1.29, 1.82) is 0 Å². The van der Waals surface area contributed by atoms with Gasteiger partial charge in [0.2, 0.25) is 0 Å². The number of aliphatic carboxylic acids is 1. The molecule has 3 aromatic rings. The second kappa shape index (κ2) is 17.2. The van der Waals surface area contributed by atoms with Crippen molar-refractivity contribution < 1.29 is 47.0 Å².